The number of anilines is 1. The number of nitrogens with one attached hydrogen (secondary N) is 1. The highest BCUT2D eigenvalue weighted by Gasteiger charge is 2.21. The molecule has 5 nitrogen and oxygen atoms in total. The molecule has 0 saturated heterocycles. The van der Waals surface area contributed by atoms with Crippen LogP contribution in [0.1, 0.15) is 34.1 Å². The number of methoxy groups -OCH3 is 1. The molecule has 18 heavy (non-hydrogen) atoms. The quantitative estimate of drug-likeness (QED) is 0.818. The van der Waals surface area contributed by atoms with E-state index < -0.39 is 5.97 Å². The Balaban J connectivity index is 2.99. The minimum absolute atomic E-state index is 0.198. The van der Waals surface area contributed by atoms with Crippen molar-refractivity contribution < 1.29 is 14.3 Å². The fourth-order valence-electron chi connectivity index (χ4n) is 1.53. The van der Waals surface area contributed by atoms with E-state index in [9.17, 15) is 9.59 Å². The van der Waals surface area contributed by atoms with Gasteiger partial charge < -0.3 is 15.8 Å². The number of thiophene rings is 1. The van der Waals surface area contributed by atoms with Crippen molar-refractivity contribution >= 4 is 28.2 Å². The van der Waals surface area contributed by atoms with E-state index in [1.807, 2.05) is 13.8 Å². The Morgan fingerprint density at radius 2 is 2.06 bits per heavy atom. The molecule has 1 unspecified atom stereocenters. The second-order valence-corrected chi connectivity index (χ2v) is 5.43. The van der Waals surface area contributed by atoms with Crippen LogP contribution in [0.15, 0.2) is 0 Å². The summed E-state index contributed by atoms with van der Waals surface area (Å²) < 4.78 is 4.73. The van der Waals surface area contributed by atoms with Crippen LogP contribution in [-0.2, 0) is 9.53 Å². The molecule has 0 saturated carbocycles. The average Bonchev–Trinajstić information content (AvgIpc) is 2.52. The summed E-state index contributed by atoms with van der Waals surface area (Å²) in [6.45, 7) is 5.48. The van der Waals surface area contributed by atoms with Crippen LogP contribution >= 0.6 is 11.3 Å². The third kappa shape index (κ3) is 3.30. The predicted octanol–water partition coefficient (Wildman–Crippen LogP) is 1.83. The highest BCUT2D eigenvalue weighted by Crippen LogP contribution is 2.32. The maximum Gasteiger partial charge on any atom is 0.341 e. The van der Waals surface area contributed by atoms with Crippen molar-refractivity contribution in [2.45, 2.75) is 33.2 Å². The maximum atomic E-state index is 11.7. The maximum absolute atomic E-state index is 11.7. The molecule has 0 aromatic carbocycles. The zero-order valence-corrected chi connectivity index (χ0v) is 11.8. The summed E-state index contributed by atoms with van der Waals surface area (Å²) in [5.41, 5.74) is 6.82. The van der Waals surface area contributed by atoms with Crippen LogP contribution in [0, 0.1) is 13.8 Å². The highest BCUT2D eigenvalue weighted by molar-refractivity contribution is 7.16. The van der Waals surface area contributed by atoms with Crippen LogP contribution in [0.25, 0.3) is 0 Å². The Morgan fingerprint density at radius 3 is 2.56 bits per heavy atom. The van der Waals surface area contributed by atoms with Gasteiger partial charge in [-0.2, -0.15) is 0 Å². The number of esters is 1. The van der Waals surface area contributed by atoms with Gasteiger partial charge in [-0.15, -0.1) is 11.3 Å². The van der Waals surface area contributed by atoms with E-state index >= 15 is 0 Å². The van der Waals surface area contributed by atoms with E-state index in [1.165, 1.54) is 18.4 Å². The Bertz CT molecular complexity index is 466. The van der Waals surface area contributed by atoms with Gasteiger partial charge in [-0.1, -0.05) is 0 Å². The average molecular weight is 270 g/mol. The molecular weight excluding hydrogens is 252 g/mol. The summed E-state index contributed by atoms with van der Waals surface area (Å²) in [4.78, 5) is 24.3. The zero-order valence-electron chi connectivity index (χ0n) is 11.0. The van der Waals surface area contributed by atoms with E-state index in [-0.39, 0.29) is 18.4 Å². The normalized spacial score (nSPS) is 12.1. The molecule has 3 N–H and O–H groups in total. The Hall–Kier alpha value is -1.40. The minimum Gasteiger partial charge on any atom is -0.465 e. The molecular formula is C12H18N2O3S. The van der Waals surface area contributed by atoms with Gasteiger partial charge in [0.15, 0.2) is 0 Å². The molecule has 1 aromatic rings. The standard InChI is InChI=1S/C12H18N2O3S/c1-6(13)5-9(15)14-11-10(12(16)17-4)7(2)8(3)18-11/h6H,5,13H2,1-4H3,(H,14,15). The predicted molar refractivity (Wildman–Crippen MR) is 72.0 cm³/mol. The summed E-state index contributed by atoms with van der Waals surface area (Å²) in [7, 11) is 1.32. The zero-order chi connectivity index (χ0) is 13.9. The molecule has 0 spiro atoms. The molecule has 0 aliphatic heterocycles. The van der Waals surface area contributed by atoms with E-state index in [0.717, 1.165) is 10.4 Å². The Labute approximate surface area is 110 Å². The number of carbonyl (C=O) groups is 2. The smallest absolute Gasteiger partial charge is 0.341 e. The van der Waals surface area contributed by atoms with E-state index in [4.69, 9.17) is 10.5 Å². The summed E-state index contributed by atoms with van der Waals surface area (Å²) >= 11 is 1.37. The van der Waals surface area contributed by atoms with Crippen molar-refractivity contribution in [3.63, 3.8) is 0 Å². The van der Waals surface area contributed by atoms with Crippen LogP contribution in [0.4, 0.5) is 5.00 Å². The number of aryl methyl sites for hydroxylation is 1. The highest BCUT2D eigenvalue weighted by atomic mass is 32.1. The van der Waals surface area contributed by atoms with E-state index in [1.54, 1.807) is 6.92 Å². The molecule has 1 atom stereocenters. The van der Waals surface area contributed by atoms with E-state index in [2.05, 4.69) is 5.32 Å². The van der Waals surface area contributed by atoms with Gasteiger partial charge in [0.05, 0.1) is 12.7 Å². The van der Waals surface area contributed by atoms with Crippen LogP contribution in [0.5, 0.6) is 0 Å². The van der Waals surface area contributed by atoms with Gasteiger partial charge in [-0.25, -0.2) is 4.79 Å². The van der Waals surface area contributed by atoms with Crippen LogP contribution in [0.3, 0.4) is 0 Å². The fraction of sp³-hybridized carbons (Fsp3) is 0.500. The molecule has 0 radical (unpaired) electrons. The summed E-state index contributed by atoms with van der Waals surface area (Å²) in [5.74, 6) is -0.635. The van der Waals surface area contributed by atoms with Crippen molar-refractivity contribution in [1.29, 1.82) is 0 Å². The number of rotatable bonds is 4. The number of hydrogen-bond donors (Lipinski definition) is 2. The van der Waals surface area contributed by atoms with Crippen LogP contribution in [0.2, 0.25) is 0 Å². The van der Waals surface area contributed by atoms with E-state index in [0.29, 0.717) is 10.6 Å². The molecule has 0 bridgehead atoms. The summed E-state index contributed by atoms with van der Waals surface area (Å²) in [6.07, 6.45) is 0.219. The number of ether oxygens (including phenoxy) is 1. The second-order valence-electron chi connectivity index (χ2n) is 4.21. The molecule has 0 aliphatic carbocycles. The van der Waals surface area contributed by atoms with Gasteiger partial charge in [0.1, 0.15) is 5.00 Å². The van der Waals surface area contributed by atoms with Crippen LogP contribution in [-0.4, -0.2) is 25.0 Å². The fourth-order valence-corrected chi connectivity index (χ4v) is 2.60. The number of carbonyl (C=O) groups excluding carboxylic acids is 2. The SMILES string of the molecule is COC(=O)c1c(NC(=O)CC(C)N)sc(C)c1C. The second kappa shape index (κ2) is 5.97. The molecule has 1 rings (SSSR count). The van der Waals surface area contributed by atoms with Crippen molar-refractivity contribution in [2.24, 2.45) is 5.73 Å². The first-order valence-electron chi connectivity index (χ1n) is 5.60. The lowest BCUT2D eigenvalue weighted by atomic mass is 10.1. The topological polar surface area (TPSA) is 81.4 Å². The first-order chi connectivity index (χ1) is 8.36. The number of hydrogen-bond acceptors (Lipinski definition) is 5. The molecule has 0 aliphatic rings. The van der Waals surface area contributed by atoms with Crippen LogP contribution < -0.4 is 11.1 Å². The molecule has 1 amide bonds. The summed E-state index contributed by atoms with van der Waals surface area (Å²) in [5, 5.41) is 3.25. The third-order valence-electron chi connectivity index (χ3n) is 2.54. The summed E-state index contributed by atoms with van der Waals surface area (Å²) in [6, 6.07) is -0.214. The Morgan fingerprint density at radius 1 is 1.44 bits per heavy atom. The molecule has 100 valence electrons. The largest absolute Gasteiger partial charge is 0.465 e. The minimum atomic E-state index is -0.437. The monoisotopic (exact) mass is 270 g/mol. The molecule has 1 aromatic heterocycles. The van der Waals surface area contributed by atoms with Crippen molar-refractivity contribution in [3.05, 3.63) is 16.0 Å². The first kappa shape index (κ1) is 14.7. The van der Waals surface area contributed by atoms with Crippen molar-refractivity contribution in [1.82, 2.24) is 0 Å². The third-order valence-corrected chi connectivity index (χ3v) is 3.66. The lowest BCUT2D eigenvalue weighted by Gasteiger charge is -2.07. The lowest BCUT2D eigenvalue weighted by Crippen LogP contribution is -2.24. The Kier molecular flexibility index (Phi) is 4.86. The molecule has 1 heterocycles. The van der Waals surface area contributed by atoms with Crippen molar-refractivity contribution in [3.8, 4) is 0 Å². The van der Waals surface area contributed by atoms with Crippen molar-refractivity contribution in [2.75, 3.05) is 12.4 Å². The first-order valence-corrected chi connectivity index (χ1v) is 6.42. The molecule has 6 heteroatoms. The number of amides is 1. The van der Waals surface area contributed by atoms with Gasteiger partial charge in [-0.3, -0.25) is 4.79 Å². The van der Waals surface area contributed by atoms with Gasteiger partial charge in [-0.05, 0) is 26.3 Å². The van der Waals surface area contributed by atoms with Gasteiger partial charge in [0.25, 0.3) is 0 Å². The molecule has 0 fully saturated rings. The van der Waals surface area contributed by atoms with Gasteiger partial charge in [0, 0.05) is 17.3 Å². The van der Waals surface area contributed by atoms with Gasteiger partial charge >= 0.3 is 5.97 Å². The van der Waals surface area contributed by atoms with Gasteiger partial charge in [0.2, 0.25) is 5.91 Å². The number of nitrogens with two attached hydrogens (primary N) is 1. The lowest BCUT2D eigenvalue weighted by molar-refractivity contribution is -0.116.